The third-order valence-electron chi connectivity index (χ3n) is 4.41. The molecule has 0 unspecified atom stereocenters. The monoisotopic (exact) mass is 409 g/mol. The summed E-state index contributed by atoms with van der Waals surface area (Å²) in [6, 6.07) is 0. The van der Waals surface area contributed by atoms with Crippen LogP contribution in [0, 0.1) is 0 Å². The molecule has 2 rings (SSSR count). The highest BCUT2D eigenvalue weighted by atomic mass is 28.4. The molecule has 0 amide bonds. The smallest absolute Gasteiger partial charge is 0.373 e. The third-order valence-corrected chi connectivity index (χ3v) is 7.43. The molecule has 0 aliphatic rings. The Morgan fingerprint density at radius 3 is 1.61 bits per heavy atom. The van der Waals surface area contributed by atoms with E-state index >= 15 is 0 Å². The van der Waals surface area contributed by atoms with Crippen molar-refractivity contribution < 1.29 is 13.3 Å². The van der Waals surface area contributed by atoms with E-state index in [2.05, 4.69) is 24.0 Å². The summed E-state index contributed by atoms with van der Waals surface area (Å²) in [5.41, 5.74) is 0. The fourth-order valence-corrected chi connectivity index (χ4v) is 5.96. The second-order valence-electron chi connectivity index (χ2n) is 6.57. The standard InChI is InChI=1S/C19H35N5O3Si/c1-4-25-28(26-5-2,27-6-3)19-24(13-7-11-22-15-9-20-17-22)14-8-12-23-16-10-21-18-23/h9-10,15-18H,4-8,11-14,19H2,1-3H3. The maximum absolute atomic E-state index is 6.07. The second-order valence-corrected chi connectivity index (χ2v) is 9.11. The van der Waals surface area contributed by atoms with Crippen molar-refractivity contribution in [1.82, 2.24) is 24.0 Å². The van der Waals surface area contributed by atoms with Crippen LogP contribution in [0.5, 0.6) is 0 Å². The van der Waals surface area contributed by atoms with Crippen LogP contribution in [0.15, 0.2) is 37.4 Å². The van der Waals surface area contributed by atoms with Gasteiger partial charge in [0.2, 0.25) is 0 Å². The lowest BCUT2D eigenvalue weighted by molar-refractivity contribution is 0.0560. The Bertz CT molecular complexity index is 552. The molecule has 2 heterocycles. The Balaban J connectivity index is 1.96. The normalized spacial score (nSPS) is 12.1. The lowest BCUT2D eigenvalue weighted by Crippen LogP contribution is -2.56. The number of aromatic nitrogens is 4. The van der Waals surface area contributed by atoms with Crippen LogP contribution in [0.2, 0.25) is 0 Å². The number of hydrogen-bond acceptors (Lipinski definition) is 6. The number of nitrogens with zero attached hydrogens (tertiary/aromatic N) is 5. The first-order valence-corrected chi connectivity index (χ1v) is 12.2. The van der Waals surface area contributed by atoms with Gasteiger partial charge in [-0.15, -0.1) is 0 Å². The van der Waals surface area contributed by atoms with Gasteiger partial charge >= 0.3 is 8.80 Å². The van der Waals surface area contributed by atoms with Crippen molar-refractivity contribution in [3.8, 4) is 0 Å². The molecule has 0 fully saturated rings. The summed E-state index contributed by atoms with van der Waals surface area (Å²) in [6.07, 6.45) is 14.2. The molecule has 158 valence electrons. The van der Waals surface area contributed by atoms with Crippen LogP contribution < -0.4 is 0 Å². The first kappa shape index (κ1) is 22.8. The Morgan fingerprint density at radius 1 is 0.786 bits per heavy atom. The Kier molecular flexibility index (Phi) is 10.4. The molecule has 0 saturated heterocycles. The average molecular weight is 410 g/mol. The molecule has 2 aromatic rings. The van der Waals surface area contributed by atoms with Gasteiger partial charge in [-0.1, -0.05) is 0 Å². The van der Waals surface area contributed by atoms with Gasteiger partial charge in [0, 0.05) is 57.7 Å². The minimum atomic E-state index is -2.70. The lowest BCUT2D eigenvalue weighted by Gasteiger charge is -2.33. The molecule has 9 heteroatoms. The molecule has 28 heavy (non-hydrogen) atoms. The number of hydrogen-bond donors (Lipinski definition) is 0. The number of aryl methyl sites for hydroxylation is 2. The first-order chi connectivity index (χ1) is 13.7. The van der Waals surface area contributed by atoms with Gasteiger partial charge in [0.25, 0.3) is 0 Å². The summed E-state index contributed by atoms with van der Waals surface area (Å²) in [6.45, 7) is 11.6. The van der Waals surface area contributed by atoms with Crippen LogP contribution in [-0.4, -0.2) is 71.9 Å². The van der Waals surface area contributed by atoms with Crippen LogP contribution in [0.25, 0.3) is 0 Å². The predicted octanol–water partition coefficient (Wildman–Crippen LogP) is 2.45. The minimum absolute atomic E-state index is 0.601. The maximum atomic E-state index is 6.07. The van der Waals surface area contributed by atoms with E-state index in [0.29, 0.717) is 19.8 Å². The zero-order valence-corrected chi connectivity index (χ0v) is 18.5. The zero-order valence-electron chi connectivity index (χ0n) is 17.5. The number of imidazole rings is 2. The highest BCUT2D eigenvalue weighted by Crippen LogP contribution is 2.14. The molecule has 0 spiro atoms. The highest BCUT2D eigenvalue weighted by molar-refractivity contribution is 6.60. The summed E-state index contributed by atoms with van der Waals surface area (Å²) >= 11 is 0. The fraction of sp³-hybridized carbons (Fsp3) is 0.684. The van der Waals surface area contributed by atoms with Gasteiger partial charge in [0.05, 0.1) is 18.8 Å². The maximum Gasteiger partial charge on any atom is 0.515 e. The van der Waals surface area contributed by atoms with Gasteiger partial charge in [-0.2, -0.15) is 0 Å². The van der Waals surface area contributed by atoms with E-state index in [1.807, 2.05) is 58.2 Å². The van der Waals surface area contributed by atoms with Crippen LogP contribution in [0.3, 0.4) is 0 Å². The van der Waals surface area contributed by atoms with E-state index < -0.39 is 8.80 Å². The largest absolute Gasteiger partial charge is 0.515 e. The van der Waals surface area contributed by atoms with Gasteiger partial charge < -0.3 is 22.4 Å². The molecule has 0 aliphatic carbocycles. The van der Waals surface area contributed by atoms with Crippen molar-refractivity contribution in [1.29, 1.82) is 0 Å². The van der Waals surface area contributed by atoms with Crippen LogP contribution in [0.1, 0.15) is 33.6 Å². The van der Waals surface area contributed by atoms with E-state index in [-0.39, 0.29) is 0 Å². The molecule has 0 aromatic carbocycles. The predicted molar refractivity (Wildman–Crippen MR) is 111 cm³/mol. The Hall–Kier alpha value is -1.52. The molecule has 2 aromatic heterocycles. The third kappa shape index (κ3) is 7.84. The molecular weight excluding hydrogens is 374 g/mol. The molecule has 0 radical (unpaired) electrons. The molecule has 8 nitrogen and oxygen atoms in total. The molecule has 0 bridgehead atoms. The van der Waals surface area contributed by atoms with Crippen LogP contribution >= 0.6 is 0 Å². The van der Waals surface area contributed by atoms with E-state index in [9.17, 15) is 0 Å². The van der Waals surface area contributed by atoms with Crippen LogP contribution in [-0.2, 0) is 26.4 Å². The average Bonchev–Trinajstić information content (AvgIpc) is 3.36. The van der Waals surface area contributed by atoms with Gasteiger partial charge in [-0.05, 0) is 46.7 Å². The van der Waals surface area contributed by atoms with Crippen molar-refractivity contribution in [3.63, 3.8) is 0 Å². The quantitative estimate of drug-likeness (QED) is 0.397. The topological polar surface area (TPSA) is 66.6 Å². The van der Waals surface area contributed by atoms with Crippen molar-refractivity contribution in [3.05, 3.63) is 37.4 Å². The second kappa shape index (κ2) is 12.8. The SMILES string of the molecule is CCO[Si](CN(CCCn1ccnc1)CCCn1ccnc1)(OCC)OCC. The van der Waals surface area contributed by atoms with Crippen molar-refractivity contribution >= 4 is 8.80 Å². The summed E-state index contributed by atoms with van der Waals surface area (Å²) in [7, 11) is -2.70. The highest BCUT2D eigenvalue weighted by Gasteiger charge is 2.42. The van der Waals surface area contributed by atoms with E-state index in [0.717, 1.165) is 45.2 Å². The van der Waals surface area contributed by atoms with Gasteiger partial charge in [0.15, 0.2) is 0 Å². The summed E-state index contributed by atoms with van der Waals surface area (Å²) in [5.74, 6) is 0. The zero-order chi connectivity index (χ0) is 20.1. The summed E-state index contributed by atoms with van der Waals surface area (Å²) in [5, 5.41) is 0. The molecule has 0 atom stereocenters. The van der Waals surface area contributed by atoms with E-state index in [4.69, 9.17) is 13.3 Å². The van der Waals surface area contributed by atoms with Crippen molar-refractivity contribution in [2.45, 2.75) is 46.7 Å². The lowest BCUT2D eigenvalue weighted by atomic mass is 10.3. The van der Waals surface area contributed by atoms with Crippen molar-refractivity contribution in [2.75, 3.05) is 39.1 Å². The summed E-state index contributed by atoms with van der Waals surface area (Å²) < 4.78 is 22.4. The fourth-order valence-electron chi connectivity index (χ4n) is 3.26. The van der Waals surface area contributed by atoms with Gasteiger partial charge in [-0.3, -0.25) is 4.90 Å². The van der Waals surface area contributed by atoms with Gasteiger partial charge in [0.1, 0.15) is 0 Å². The molecule has 0 saturated carbocycles. The molecule has 0 aliphatic heterocycles. The molecule has 0 N–H and O–H groups in total. The van der Waals surface area contributed by atoms with E-state index in [1.165, 1.54) is 0 Å². The van der Waals surface area contributed by atoms with Crippen LogP contribution in [0.4, 0.5) is 0 Å². The number of rotatable bonds is 16. The van der Waals surface area contributed by atoms with E-state index in [1.54, 1.807) is 0 Å². The Morgan fingerprint density at radius 2 is 1.25 bits per heavy atom. The minimum Gasteiger partial charge on any atom is -0.373 e. The Labute approximate surface area is 169 Å². The summed E-state index contributed by atoms with van der Waals surface area (Å²) in [4.78, 5) is 10.7. The first-order valence-electron chi connectivity index (χ1n) is 10.3. The van der Waals surface area contributed by atoms with Crippen molar-refractivity contribution in [2.24, 2.45) is 0 Å². The molecular formula is C19H35N5O3Si. The van der Waals surface area contributed by atoms with Gasteiger partial charge in [-0.25, -0.2) is 9.97 Å².